The van der Waals surface area contributed by atoms with E-state index in [1.165, 1.54) is 11.3 Å². The Hall–Kier alpha value is -1.85. The molecule has 0 bridgehead atoms. The second-order valence-corrected chi connectivity index (χ2v) is 8.02. The number of ether oxygens (including phenoxy) is 1. The van der Waals surface area contributed by atoms with Gasteiger partial charge in [0.1, 0.15) is 0 Å². The van der Waals surface area contributed by atoms with Crippen molar-refractivity contribution in [3.05, 3.63) is 52.3 Å². The van der Waals surface area contributed by atoms with E-state index in [2.05, 4.69) is 23.8 Å². The van der Waals surface area contributed by atoms with Gasteiger partial charge in [0.15, 0.2) is 0 Å². The normalized spacial score (nSPS) is 16.9. The molecule has 5 nitrogen and oxygen atoms in total. The zero-order valence-corrected chi connectivity index (χ0v) is 17.8. The number of benzene rings is 1. The van der Waals surface area contributed by atoms with E-state index in [9.17, 15) is 4.79 Å². The van der Waals surface area contributed by atoms with Crippen molar-refractivity contribution in [2.45, 2.75) is 53.1 Å². The van der Waals surface area contributed by atoms with Crippen molar-refractivity contribution in [2.75, 3.05) is 19.7 Å². The van der Waals surface area contributed by atoms with Gasteiger partial charge < -0.3 is 4.74 Å². The molecule has 2 aromatic rings. The molecule has 2 heterocycles. The van der Waals surface area contributed by atoms with Gasteiger partial charge >= 0.3 is 5.97 Å². The number of aromatic nitrogens is 2. The summed E-state index contributed by atoms with van der Waals surface area (Å²) < 4.78 is 7.50. The van der Waals surface area contributed by atoms with Crippen molar-refractivity contribution in [1.82, 2.24) is 14.7 Å². The third kappa shape index (κ3) is 4.41. The van der Waals surface area contributed by atoms with Gasteiger partial charge in [-0.1, -0.05) is 29.8 Å². The lowest BCUT2D eigenvalue weighted by atomic mass is 9.73. The molecule has 1 aromatic heterocycles. The zero-order valence-electron chi connectivity index (χ0n) is 17.1. The van der Waals surface area contributed by atoms with Crippen LogP contribution in [0.25, 0.3) is 0 Å². The third-order valence-corrected chi connectivity index (χ3v) is 6.28. The van der Waals surface area contributed by atoms with E-state index in [0.29, 0.717) is 13.0 Å². The second kappa shape index (κ2) is 9.10. The molecule has 6 heteroatoms. The number of halogens is 1. The number of aryl methyl sites for hydroxylation is 1. The minimum Gasteiger partial charge on any atom is -0.466 e. The minimum absolute atomic E-state index is 0.0930. The fourth-order valence-electron chi connectivity index (χ4n) is 4.08. The van der Waals surface area contributed by atoms with Crippen LogP contribution in [0.3, 0.4) is 0 Å². The minimum atomic E-state index is -0.500. The summed E-state index contributed by atoms with van der Waals surface area (Å²) in [4.78, 5) is 15.3. The van der Waals surface area contributed by atoms with Crippen LogP contribution in [-0.4, -0.2) is 40.3 Å². The highest BCUT2D eigenvalue weighted by atomic mass is 35.5. The number of carbonyl (C=O) groups excluding carboxylic acids is 1. The first-order valence-electron chi connectivity index (χ1n) is 10.1. The Balaban J connectivity index is 1.72. The molecule has 1 aliphatic heterocycles. The number of piperidine rings is 1. The van der Waals surface area contributed by atoms with Crippen LogP contribution in [-0.2, 0) is 29.0 Å². The fourth-order valence-corrected chi connectivity index (χ4v) is 4.29. The van der Waals surface area contributed by atoms with E-state index in [-0.39, 0.29) is 5.97 Å². The average molecular weight is 404 g/mol. The average Bonchev–Trinajstić information content (AvgIpc) is 3.05. The van der Waals surface area contributed by atoms with Crippen LogP contribution in [0, 0.1) is 12.3 Å². The lowest BCUT2D eigenvalue weighted by molar-refractivity contribution is -0.158. The van der Waals surface area contributed by atoms with E-state index in [1.54, 1.807) is 0 Å². The molecule has 3 rings (SSSR count). The Kier molecular flexibility index (Phi) is 6.78. The molecule has 0 N–H and O–H groups in total. The molecule has 152 valence electrons. The summed E-state index contributed by atoms with van der Waals surface area (Å²) in [5.74, 6) is -0.0930. The van der Waals surface area contributed by atoms with E-state index in [0.717, 1.165) is 49.6 Å². The van der Waals surface area contributed by atoms with Gasteiger partial charge in [-0.2, -0.15) is 5.10 Å². The number of hydrogen-bond donors (Lipinski definition) is 0. The lowest BCUT2D eigenvalue weighted by Crippen LogP contribution is -2.46. The van der Waals surface area contributed by atoms with Gasteiger partial charge in [-0.15, -0.1) is 0 Å². The molecular formula is C22H30ClN3O2. The summed E-state index contributed by atoms with van der Waals surface area (Å²) in [6.45, 7) is 9.97. The molecular weight excluding hydrogens is 374 g/mol. The van der Waals surface area contributed by atoms with E-state index >= 15 is 0 Å². The molecule has 0 amide bonds. The maximum Gasteiger partial charge on any atom is 0.312 e. The largest absolute Gasteiger partial charge is 0.466 e. The van der Waals surface area contributed by atoms with Gasteiger partial charge in [-0.05, 0) is 64.8 Å². The van der Waals surface area contributed by atoms with Crippen LogP contribution in [0.5, 0.6) is 0 Å². The number of hydrogen-bond acceptors (Lipinski definition) is 4. The monoisotopic (exact) mass is 403 g/mol. The van der Waals surface area contributed by atoms with Crippen molar-refractivity contribution in [3.63, 3.8) is 0 Å². The third-order valence-electron chi connectivity index (χ3n) is 5.91. The second-order valence-electron chi connectivity index (χ2n) is 7.62. The van der Waals surface area contributed by atoms with Crippen molar-refractivity contribution < 1.29 is 9.53 Å². The van der Waals surface area contributed by atoms with Gasteiger partial charge in [-0.25, -0.2) is 0 Å². The zero-order chi connectivity index (χ0) is 20.1. The summed E-state index contributed by atoms with van der Waals surface area (Å²) >= 11 is 6.38. The lowest BCUT2D eigenvalue weighted by Gasteiger charge is -2.40. The van der Waals surface area contributed by atoms with Gasteiger partial charge in [0.05, 0.1) is 18.2 Å². The molecule has 1 fully saturated rings. The van der Waals surface area contributed by atoms with Crippen molar-refractivity contribution >= 4 is 17.6 Å². The maximum absolute atomic E-state index is 12.9. The number of nitrogens with zero attached hydrogens (tertiary/aromatic N) is 3. The molecule has 1 aromatic carbocycles. The van der Waals surface area contributed by atoms with Crippen LogP contribution < -0.4 is 0 Å². The highest BCUT2D eigenvalue weighted by molar-refractivity contribution is 6.31. The Morgan fingerprint density at radius 2 is 1.93 bits per heavy atom. The van der Waals surface area contributed by atoms with Crippen LogP contribution in [0.2, 0.25) is 5.02 Å². The van der Waals surface area contributed by atoms with Crippen LogP contribution >= 0.6 is 11.6 Å². The van der Waals surface area contributed by atoms with Crippen molar-refractivity contribution in [2.24, 2.45) is 5.41 Å². The Morgan fingerprint density at radius 3 is 2.54 bits per heavy atom. The first kappa shape index (κ1) is 20.9. The van der Waals surface area contributed by atoms with Crippen LogP contribution in [0.4, 0.5) is 0 Å². The molecule has 1 aliphatic rings. The molecule has 0 saturated carbocycles. The summed E-state index contributed by atoms with van der Waals surface area (Å²) in [5.41, 5.74) is 3.00. The quantitative estimate of drug-likeness (QED) is 0.648. The predicted octanol–water partition coefficient (Wildman–Crippen LogP) is 4.25. The maximum atomic E-state index is 12.9. The van der Waals surface area contributed by atoms with E-state index in [1.807, 2.05) is 42.1 Å². The summed E-state index contributed by atoms with van der Waals surface area (Å²) in [5, 5.41) is 5.17. The highest BCUT2D eigenvalue weighted by Gasteiger charge is 2.43. The topological polar surface area (TPSA) is 47.4 Å². The van der Waals surface area contributed by atoms with Crippen LogP contribution in [0.1, 0.15) is 43.5 Å². The van der Waals surface area contributed by atoms with E-state index < -0.39 is 5.41 Å². The van der Waals surface area contributed by atoms with Crippen LogP contribution in [0.15, 0.2) is 30.5 Å². The number of likely N-dealkylation sites (tertiary alicyclic amines) is 1. The molecule has 0 aliphatic carbocycles. The highest BCUT2D eigenvalue weighted by Crippen LogP contribution is 2.38. The first-order valence-corrected chi connectivity index (χ1v) is 10.5. The molecule has 1 saturated heterocycles. The SMILES string of the molecule is CCOC(=O)C1(Cc2ccccc2Cl)CCN(Cc2cnn(CC)c2C)CC1. The van der Waals surface area contributed by atoms with Gasteiger partial charge in [0.2, 0.25) is 0 Å². The fraction of sp³-hybridized carbons (Fsp3) is 0.545. The summed E-state index contributed by atoms with van der Waals surface area (Å²) in [7, 11) is 0. The molecule has 0 radical (unpaired) electrons. The first-order chi connectivity index (χ1) is 13.5. The Morgan fingerprint density at radius 1 is 1.21 bits per heavy atom. The predicted molar refractivity (Wildman–Crippen MR) is 111 cm³/mol. The molecule has 28 heavy (non-hydrogen) atoms. The van der Waals surface area contributed by atoms with Gasteiger partial charge in [0.25, 0.3) is 0 Å². The molecule has 0 atom stereocenters. The van der Waals surface area contributed by atoms with E-state index in [4.69, 9.17) is 16.3 Å². The molecule has 0 spiro atoms. The number of esters is 1. The molecule has 0 unspecified atom stereocenters. The summed E-state index contributed by atoms with van der Waals surface area (Å²) in [6.07, 6.45) is 4.15. The Bertz CT molecular complexity index is 810. The van der Waals surface area contributed by atoms with Crippen molar-refractivity contribution in [1.29, 1.82) is 0 Å². The van der Waals surface area contributed by atoms with Crippen molar-refractivity contribution in [3.8, 4) is 0 Å². The van der Waals surface area contributed by atoms with Gasteiger partial charge in [0, 0.05) is 29.4 Å². The summed E-state index contributed by atoms with van der Waals surface area (Å²) in [6, 6.07) is 7.80. The van der Waals surface area contributed by atoms with Gasteiger partial charge in [-0.3, -0.25) is 14.4 Å². The number of carbonyl (C=O) groups is 1. The smallest absolute Gasteiger partial charge is 0.312 e. The Labute approximate surface area is 172 Å². The number of rotatable bonds is 7. The standard InChI is InChI=1S/C22H30ClN3O2/c1-4-26-17(3)19(15-24-26)16-25-12-10-22(11-13-25,21(27)28-5-2)14-18-8-6-7-9-20(18)23/h6-9,15H,4-5,10-14,16H2,1-3H3.